The first-order valence-electron chi connectivity index (χ1n) is 11.5. The van der Waals surface area contributed by atoms with Crippen LogP contribution in [0, 0.1) is 10.1 Å². The number of nitrogens with two attached hydrogens (primary N) is 1. The van der Waals surface area contributed by atoms with E-state index in [-0.39, 0.29) is 43.0 Å². The van der Waals surface area contributed by atoms with Crippen molar-refractivity contribution in [2.45, 2.75) is 17.2 Å². The average molecular weight is 557 g/mol. The Balaban J connectivity index is 1.54. The molecule has 1 unspecified atom stereocenters. The summed E-state index contributed by atoms with van der Waals surface area (Å²) >= 11 is 7.14. The quantitative estimate of drug-likeness (QED) is 0.0522. The topological polar surface area (TPSA) is 150 Å². The second-order valence-electron chi connectivity index (χ2n) is 8.54. The van der Waals surface area contributed by atoms with Crippen molar-refractivity contribution in [3.63, 3.8) is 0 Å². The minimum Gasteiger partial charge on any atom is -0.493 e. The molecule has 0 saturated heterocycles. The van der Waals surface area contributed by atoms with Crippen LogP contribution in [0.3, 0.4) is 0 Å². The molecule has 2 heterocycles. The molecule has 1 amide bonds. The minimum atomic E-state index is -0.483. The zero-order valence-corrected chi connectivity index (χ0v) is 21.3. The smallest absolute Gasteiger partial charge is 0.279 e. The number of hydrogen-bond acceptors (Lipinski definition) is 9. The van der Waals surface area contributed by atoms with Gasteiger partial charge in [0, 0.05) is 46.6 Å². The molecule has 13 heteroatoms. The minimum absolute atomic E-state index is 0.156. The predicted octanol–water partition coefficient (Wildman–Crippen LogP) is 5.01. The van der Waals surface area contributed by atoms with Crippen LogP contribution in [0.5, 0.6) is 5.75 Å². The molecule has 3 aromatic carbocycles. The van der Waals surface area contributed by atoms with E-state index >= 15 is 0 Å². The summed E-state index contributed by atoms with van der Waals surface area (Å²) in [5, 5.41) is 13.8. The summed E-state index contributed by atoms with van der Waals surface area (Å²) in [6.45, 7) is 0.528. The van der Waals surface area contributed by atoms with Gasteiger partial charge in [-0.15, -0.1) is 20.9 Å². The molecule has 4 aromatic rings. The van der Waals surface area contributed by atoms with E-state index in [4.69, 9.17) is 22.2 Å². The van der Waals surface area contributed by atoms with E-state index in [1.807, 2.05) is 0 Å². The van der Waals surface area contributed by atoms with Crippen LogP contribution in [-0.2, 0) is 14.1 Å². The molecule has 11 nitrogen and oxygen atoms in total. The normalized spacial score (nSPS) is 14.7. The summed E-state index contributed by atoms with van der Waals surface area (Å²) in [6.07, 6.45) is 1.06. The zero-order chi connectivity index (χ0) is 26.8. The van der Waals surface area contributed by atoms with E-state index in [1.165, 1.54) is 11.0 Å². The molecule has 38 heavy (non-hydrogen) atoms. The van der Waals surface area contributed by atoms with Gasteiger partial charge >= 0.3 is 0 Å². The lowest BCUT2D eigenvalue weighted by Crippen LogP contribution is -2.30. The van der Waals surface area contributed by atoms with Crippen molar-refractivity contribution >= 4 is 68.9 Å². The number of benzene rings is 3. The van der Waals surface area contributed by atoms with E-state index in [0.29, 0.717) is 32.8 Å². The molecule has 1 aliphatic rings. The number of nitro benzene ring substituents is 1. The van der Waals surface area contributed by atoms with Crippen molar-refractivity contribution in [2.75, 3.05) is 23.9 Å². The van der Waals surface area contributed by atoms with Crippen molar-refractivity contribution in [3.05, 3.63) is 69.9 Å². The number of hydrogen-bond donors (Lipinski definition) is 2. The number of H-pyrrole nitrogens is 1. The zero-order valence-electron chi connectivity index (χ0n) is 19.7. The molecule has 5 rings (SSSR count). The third-order valence-electron chi connectivity index (χ3n) is 6.33. The van der Waals surface area contributed by atoms with Crippen molar-refractivity contribution in [2.24, 2.45) is 5.90 Å². The van der Waals surface area contributed by atoms with Gasteiger partial charge in [-0.25, -0.2) is 0 Å². The molecular weight excluding hydrogens is 536 g/mol. The molecule has 0 saturated carbocycles. The third kappa shape index (κ3) is 4.79. The van der Waals surface area contributed by atoms with Gasteiger partial charge in [0.2, 0.25) is 0 Å². The summed E-state index contributed by atoms with van der Waals surface area (Å²) in [5.74, 6) is 5.13. The molecule has 0 bridgehead atoms. The van der Waals surface area contributed by atoms with Crippen molar-refractivity contribution in [1.82, 2.24) is 4.98 Å². The Labute approximate surface area is 225 Å². The van der Waals surface area contributed by atoms with Gasteiger partial charge in [0.15, 0.2) is 0 Å². The summed E-state index contributed by atoms with van der Waals surface area (Å²) in [5.41, 5.74) is 2.10. The van der Waals surface area contributed by atoms with E-state index < -0.39 is 4.92 Å². The third-order valence-corrected chi connectivity index (χ3v) is 7.30. The first-order chi connectivity index (χ1) is 18.4. The number of nitro groups is 1. The first-order valence-corrected chi connectivity index (χ1v) is 12.7. The molecule has 196 valence electrons. The maximum absolute atomic E-state index is 13.7. The summed E-state index contributed by atoms with van der Waals surface area (Å²) in [4.78, 5) is 45.1. The van der Waals surface area contributed by atoms with E-state index in [9.17, 15) is 19.7 Å². The van der Waals surface area contributed by atoms with E-state index in [1.54, 1.807) is 42.5 Å². The van der Waals surface area contributed by atoms with Gasteiger partial charge in [0.25, 0.3) is 11.6 Å². The number of carbonyl (C=O) groups excluding carboxylic acids is 2. The van der Waals surface area contributed by atoms with E-state index in [0.717, 1.165) is 34.8 Å². The summed E-state index contributed by atoms with van der Waals surface area (Å²) in [7, 11) is 0. The Morgan fingerprint density at radius 3 is 2.82 bits per heavy atom. The lowest BCUT2D eigenvalue weighted by molar-refractivity contribution is -0.383. The van der Waals surface area contributed by atoms with Gasteiger partial charge in [-0.2, -0.15) is 5.90 Å². The van der Waals surface area contributed by atoms with Gasteiger partial charge in [-0.05, 0) is 47.3 Å². The van der Waals surface area contributed by atoms with Gasteiger partial charge < -0.3 is 19.4 Å². The lowest BCUT2D eigenvalue weighted by atomic mass is 9.95. The van der Waals surface area contributed by atoms with Gasteiger partial charge in [-0.1, -0.05) is 6.07 Å². The van der Waals surface area contributed by atoms with Crippen LogP contribution in [0.15, 0.2) is 53.4 Å². The predicted molar refractivity (Wildman–Crippen MR) is 142 cm³/mol. The second-order valence-corrected chi connectivity index (χ2v) is 9.63. The van der Waals surface area contributed by atoms with Crippen molar-refractivity contribution in [1.29, 1.82) is 0 Å². The number of alkyl halides is 1. The number of anilines is 1. The fraction of sp³-hybridized carbons (Fsp3) is 0.200. The number of fused-ring (bicyclic) bond motifs is 4. The second kappa shape index (κ2) is 11.0. The molecule has 0 aliphatic carbocycles. The van der Waals surface area contributed by atoms with Crippen molar-refractivity contribution < 1.29 is 28.6 Å². The Bertz CT molecular complexity index is 1560. The summed E-state index contributed by atoms with van der Waals surface area (Å²) in [6, 6.07) is 13.5. The van der Waals surface area contributed by atoms with Crippen LogP contribution < -0.4 is 15.5 Å². The molecule has 0 radical (unpaired) electrons. The molecule has 0 spiro atoms. The number of ether oxygens (including phenoxy) is 1. The number of aromatic amines is 1. The number of non-ortho nitro benzene ring substituents is 1. The highest BCUT2D eigenvalue weighted by Crippen LogP contribution is 2.46. The Hall–Kier alpha value is -3.68. The number of rotatable bonds is 10. The van der Waals surface area contributed by atoms with Crippen LogP contribution in [0.4, 0.5) is 11.4 Å². The van der Waals surface area contributed by atoms with Gasteiger partial charge in [0.05, 0.1) is 34.6 Å². The maximum Gasteiger partial charge on any atom is 0.279 e. The highest BCUT2D eigenvalue weighted by atomic mass is 35.5. The molecule has 1 atom stereocenters. The number of amides is 1. The Kier molecular flexibility index (Phi) is 7.49. The standard InChI is InChI=1S/C25H21ClN4O7S/c26-12-15-13-29(25(32)21-9-14-8-16(35-7-1-6-31)2-5-20(14)28-21)23-11-22(30(33)34)19-10-17(38-37-36-27)3-4-18(19)24(15)23/h2-6,8-11,15,28H,1,7,12-13,27H2. The molecule has 3 N–H and O–H groups in total. The first kappa shape index (κ1) is 25.9. The number of aldehydes is 1. The number of carbonyl (C=O) groups is 2. The van der Waals surface area contributed by atoms with Gasteiger partial charge in [0.1, 0.15) is 17.7 Å². The maximum atomic E-state index is 13.7. The molecule has 1 aromatic heterocycles. The fourth-order valence-electron chi connectivity index (χ4n) is 4.72. The van der Waals surface area contributed by atoms with Crippen LogP contribution in [-0.4, -0.2) is 41.1 Å². The number of aromatic nitrogens is 1. The van der Waals surface area contributed by atoms with Crippen molar-refractivity contribution in [3.8, 4) is 5.75 Å². The highest BCUT2D eigenvalue weighted by molar-refractivity contribution is 7.94. The molecular formula is C25H21ClN4O7S. The molecule has 0 fully saturated rings. The Morgan fingerprint density at radius 2 is 2.08 bits per heavy atom. The van der Waals surface area contributed by atoms with E-state index in [2.05, 4.69) is 14.3 Å². The van der Waals surface area contributed by atoms with Crippen LogP contribution in [0.1, 0.15) is 28.4 Å². The largest absolute Gasteiger partial charge is 0.493 e. The number of nitrogens with zero attached hydrogens (tertiary/aromatic N) is 2. The van der Waals surface area contributed by atoms with Crippen LogP contribution >= 0.6 is 23.6 Å². The SMILES string of the molecule is NOOSc1ccc2c3c(cc([N+](=O)[O-])c2c1)N(C(=O)c1cc2cc(OCCC=O)ccc2[nH]1)CC3CCl. The van der Waals surface area contributed by atoms with Gasteiger partial charge in [-0.3, -0.25) is 14.9 Å². The molecule has 1 aliphatic heterocycles. The van der Waals surface area contributed by atoms with Crippen LogP contribution in [0.2, 0.25) is 0 Å². The Morgan fingerprint density at radius 1 is 1.24 bits per heavy atom. The number of nitrogens with one attached hydrogen (secondary N) is 1. The number of halogens is 1. The highest BCUT2D eigenvalue weighted by Gasteiger charge is 2.37. The monoisotopic (exact) mass is 556 g/mol. The average Bonchev–Trinajstić information content (AvgIpc) is 3.52. The fourth-order valence-corrected chi connectivity index (χ4v) is 5.38. The lowest BCUT2D eigenvalue weighted by Gasteiger charge is -2.17. The van der Waals surface area contributed by atoms with Crippen LogP contribution in [0.25, 0.3) is 21.7 Å². The summed E-state index contributed by atoms with van der Waals surface area (Å²) < 4.78 is 10.2.